The van der Waals surface area contributed by atoms with Gasteiger partial charge >= 0.3 is 0 Å². The number of nitrogens with two attached hydrogens (primary N) is 1. The van der Waals surface area contributed by atoms with Gasteiger partial charge in [-0.2, -0.15) is 0 Å². The van der Waals surface area contributed by atoms with Gasteiger partial charge in [-0.25, -0.2) is 0 Å². The molecule has 0 saturated carbocycles. The minimum Gasteiger partial charge on any atom is -0.492 e. The van der Waals surface area contributed by atoms with Crippen LogP contribution in [0.4, 0.5) is 0 Å². The van der Waals surface area contributed by atoms with Crippen molar-refractivity contribution < 1.29 is 4.74 Å². The fraction of sp³-hybridized carbons (Fsp3) is 0.643. The number of pyridine rings is 1. The fourth-order valence-corrected chi connectivity index (χ4v) is 1.77. The van der Waals surface area contributed by atoms with Crippen LogP contribution >= 0.6 is 0 Å². The molecule has 17 heavy (non-hydrogen) atoms. The number of hydrogen-bond donors (Lipinski definition) is 1. The van der Waals surface area contributed by atoms with Crippen LogP contribution < -0.4 is 10.5 Å². The Hall–Kier alpha value is -1.09. The Kier molecular flexibility index (Phi) is 6.63. The molecule has 0 saturated heterocycles. The van der Waals surface area contributed by atoms with Crippen molar-refractivity contribution in [1.82, 2.24) is 4.98 Å². The average Bonchev–Trinajstić information content (AvgIpc) is 2.35. The summed E-state index contributed by atoms with van der Waals surface area (Å²) in [5.41, 5.74) is 7.21. The highest BCUT2D eigenvalue weighted by Gasteiger charge is 2.03. The summed E-state index contributed by atoms with van der Waals surface area (Å²) in [4.78, 5) is 4.20. The lowest BCUT2D eigenvalue weighted by molar-refractivity contribution is 0.316. The number of nitrogens with zero attached hydrogens (tertiary/aromatic N) is 1. The van der Waals surface area contributed by atoms with E-state index in [0.717, 1.165) is 44.5 Å². The summed E-state index contributed by atoms with van der Waals surface area (Å²) in [5.74, 6) is 0.869. The van der Waals surface area contributed by atoms with Crippen LogP contribution in [0, 0.1) is 0 Å². The number of rotatable bonds is 8. The van der Waals surface area contributed by atoms with Crippen LogP contribution in [0.25, 0.3) is 0 Å². The van der Waals surface area contributed by atoms with E-state index in [1.807, 2.05) is 6.20 Å². The Morgan fingerprint density at radius 2 is 2.06 bits per heavy atom. The van der Waals surface area contributed by atoms with Crippen molar-refractivity contribution in [1.29, 1.82) is 0 Å². The second kappa shape index (κ2) is 8.07. The molecule has 0 aliphatic carbocycles. The predicted octanol–water partition coefficient (Wildman–Crippen LogP) is 2.93. The monoisotopic (exact) mass is 236 g/mol. The third kappa shape index (κ3) is 5.68. The van der Waals surface area contributed by atoms with Crippen LogP contribution in [0.2, 0.25) is 0 Å². The van der Waals surface area contributed by atoms with Crippen molar-refractivity contribution in [3.63, 3.8) is 0 Å². The summed E-state index contributed by atoms with van der Waals surface area (Å²) >= 11 is 0. The van der Waals surface area contributed by atoms with Crippen LogP contribution in [0.15, 0.2) is 18.5 Å². The lowest BCUT2D eigenvalue weighted by Crippen LogP contribution is -2.20. The standard InChI is InChI=1S/C14H24N2O/c1-3-5-13(15)7-6-12-9-14(11-16-10-12)17-8-4-2/h9-11,13H,3-8,15H2,1-2H3. The molecule has 1 heterocycles. The number of aromatic nitrogens is 1. The number of ether oxygens (including phenoxy) is 1. The minimum atomic E-state index is 0.306. The highest BCUT2D eigenvalue weighted by Crippen LogP contribution is 2.14. The van der Waals surface area contributed by atoms with Crippen LogP contribution in [-0.4, -0.2) is 17.6 Å². The van der Waals surface area contributed by atoms with Crippen LogP contribution in [0.1, 0.15) is 45.1 Å². The first-order chi connectivity index (χ1) is 8.26. The van der Waals surface area contributed by atoms with E-state index in [4.69, 9.17) is 10.5 Å². The zero-order valence-electron chi connectivity index (χ0n) is 11.0. The van der Waals surface area contributed by atoms with Gasteiger partial charge in [-0.3, -0.25) is 4.98 Å². The molecule has 0 bridgehead atoms. The molecule has 1 rings (SSSR count). The summed E-state index contributed by atoms with van der Waals surface area (Å²) in [5, 5.41) is 0. The molecule has 1 unspecified atom stereocenters. The maximum atomic E-state index is 6.00. The molecule has 0 aliphatic heterocycles. The Bertz CT molecular complexity index is 315. The van der Waals surface area contributed by atoms with E-state index in [9.17, 15) is 0 Å². The van der Waals surface area contributed by atoms with E-state index in [-0.39, 0.29) is 0 Å². The third-order valence-electron chi connectivity index (χ3n) is 2.71. The fourth-order valence-electron chi connectivity index (χ4n) is 1.77. The van der Waals surface area contributed by atoms with Gasteiger partial charge in [-0.15, -0.1) is 0 Å². The third-order valence-corrected chi connectivity index (χ3v) is 2.71. The highest BCUT2D eigenvalue weighted by atomic mass is 16.5. The minimum absolute atomic E-state index is 0.306. The largest absolute Gasteiger partial charge is 0.492 e. The molecular weight excluding hydrogens is 212 g/mol. The normalized spacial score (nSPS) is 12.4. The molecule has 96 valence electrons. The van der Waals surface area contributed by atoms with Gasteiger partial charge in [0.15, 0.2) is 0 Å². The lowest BCUT2D eigenvalue weighted by Gasteiger charge is -2.10. The predicted molar refractivity (Wildman–Crippen MR) is 71.2 cm³/mol. The molecule has 3 heteroatoms. The summed E-state index contributed by atoms with van der Waals surface area (Å²) in [6, 6.07) is 2.38. The molecule has 0 fully saturated rings. The molecule has 2 N–H and O–H groups in total. The van der Waals surface area contributed by atoms with Gasteiger partial charge in [-0.1, -0.05) is 20.3 Å². The summed E-state index contributed by atoms with van der Waals surface area (Å²) in [6.07, 6.45) is 8.94. The Balaban J connectivity index is 2.42. The molecule has 0 radical (unpaired) electrons. The molecule has 1 atom stereocenters. The molecular formula is C14H24N2O. The molecule has 0 aliphatic rings. The van der Waals surface area contributed by atoms with Crippen molar-refractivity contribution in [2.45, 2.75) is 52.0 Å². The van der Waals surface area contributed by atoms with E-state index in [1.165, 1.54) is 5.56 Å². The zero-order chi connectivity index (χ0) is 12.5. The SMILES string of the molecule is CCCOc1cncc(CCC(N)CCC)c1. The summed E-state index contributed by atoms with van der Waals surface area (Å²) in [7, 11) is 0. The van der Waals surface area contributed by atoms with Crippen LogP contribution in [-0.2, 0) is 6.42 Å². The van der Waals surface area contributed by atoms with Crippen molar-refractivity contribution >= 4 is 0 Å². The van der Waals surface area contributed by atoms with Gasteiger partial charge in [0.05, 0.1) is 12.8 Å². The van der Waals surface area contributed by atoms with Gasteiger partial charge in [0.25, 0.3) is 0 Å². The van der Waals surface area contributed by atoms with Gasteiger partial charge < -0.3 is 10.5 Å². The Morgan fingerprint density at radius 1 is 1.24 bits per heavy atom. The van der Waals surface area contributed by atoms with Crippen LogP contribution in [0.3, 0.4) is 0 Å². The summed E-state index contributed by atoms with van der Waals surface area (Å²) in [6.45, 7) is 5.02. The second-order valence-corrected chi connectivity index (χ2v) is 4.46. The molecule has 0 spiro atoms. The maximum Gasteiger partial charge on any atom is 0.137 e. The first-order valence-electron chi connectivity index (χ1n) is 6.58. The van der Waals surface area contributed by atoms with Gasteiger partial charge in [-0.05, 0) is 37.3 Å². The van der Waals surface area contributed by atoms with Crippen molar-refractivity contribution in [2.24, 2.45) is 5.73 Å². The number of hydrogen-bond acceptors (Lipinski definition) is 3. The Labute approximate surface area is 104 Å². The van der Waals surface area contributed by atoms with Gasteiger partial charge in [0, 0.05) is 12.2 Å². The molecule has 1 aromatic rings. The van der Waals surface area contributed by atoms with Crippen molar-refractivity contribution in [2.75, 3.05) is 6.61 Å². The molecule has 0 amide bonds. The molecule has 0 aromatic carbocycles. The van der Waals surface area contributed by atoms with Gasteiger partial charge in [0.1, 0.15) is 5.75 Å². The van der Waals surface area contributed by atoms with Crippen LogP contribution in [0.5, 0.6) is 5.75 Å². The second-order valence-electron chi connectivity index (χ2n) is 4.46. The van der Waals surface area contributed by atoms with Crippen molar-refractivity contribution in [3.8, 4) is 5.75 Å². The Morgan fingerprint density at radius 3 is 2.76 bits per heavy atom. The topological polar surface area (TPSA) is 48.1 Å². The smallest absolute Gasteiger partial charge is 0.137 e. The molecule has 3 nitrogen and oxygen atoms in total. The summed E-state index contributed by atoms with van der Waals surface area (Å²) < 4.78 is 5.56. The first kappa shape index (κ1) is 14.0. The van der Waals surface area contributed by atoms with Crippen molar-refractivity contribution in [3.05, 3.63) is 24.0 Å². The van der Waals surface area contributed by atoms with E-state index in [2.05, 4.69) is 24.9 Å². The quantitative estimate of drug-likeness (QED) is 0.755. The average molecular weight is 236 g/mol. The zero-order valence-corrected chi connectivity index (χ0v) is 11.0. The maximum absolute atomic E-state index is 6.00. The van der Waals surface area contributed by atoms with E-state index < -0.39 is 0 Å². The first-order valence-corrected chi connectivity index (χ1v) is 6.58. The van der Waals surface area contributed by atoms with E-state index in [0.29, 0.717) is 6.04 Å². The van der Waals surface area contributed by atoms with E-state index >= 15 is 0 Å². The highest BCUT2D eigenvalue weighted by molar-refractivity contribution is 5.23. The molecule has 1 aromatic heterocycles. The number of aryl methyl sites for hydroxylation is 1. The lowest BCUT2D eigenvalue weighted by atomic mass is 10.0. The van der Waals surface area contributed by atoms with Gasteiger partial charge in [0.2, 0.25) is 0 Å². The van der Waals surface area contributed by atoms with E-state index in [1.54, 1.807) is 6.20 Å².